The fraction of sp³-hybridized carbons (Fsp3) is 0.385. The number of fused-ring (bicyclic) bond motifs is 1. The maximum absolute atomic E-state index is 6.32. The standard InChI is InChI=1S/C13H15N3OS/c1-2-10-13(18-16-15-10)12(14)9-3-4-11-8(7-9)5-6-17-11/h3-4,7,12H,2,5-6,14H2,1H3. The molecule has 1 aliphatic heterocycles. The fourth-order valence-corrected chi connectivity index (χ4v) is 3.02. The first kappa shape index (κ1) is 11.6. The molecule has 0 saturated heterocycles. The monoisotopic (exact) mass is 261 g/mol. The lowest BCUT2D eigenvalue weighted by Gasteiger charge is -2.12. The topological polar surface area (TPSA) is 61.0 Å². The van der Waals surface area contributed by atoms with E-state index in [4.69, 9.17) is 10.5 Å². The summed E-state index contributed by atoms with van der Waals surface area (Å²) < 4.78 is 9.50. The van der Waals surface area contributed by atoms with Gasteiger partial charge in [0.15, 0.2) is 0 Å². The summed E-state index contributed by atoms with van der Waals surface area (Å²) in [7, 11) is 0. The molecule has 0 spiro atoms. The summed E-state index contributed by atoms with van der Waals surface area (Å²) in [4.78, 5) is 1.07. The SMILES string of the molecule is CCc1nnsc1C(N)c1ccc2c(c1)CCO2. The molecule has 1 unspecified atom stereocenters. The zero-order valence-corrected chi connectivity index (χ0v) is 11.0. The van der Waals surface area contributed by atoms with E-state index in [9.17, 15) is 0 Å². The van der Waals surface area contributed by atoms with Crippen LogP contribution in [-0.2, 0) is 12.8 Å². The van der Waals surface area contributed by atoms with E-state index in [1.807, 2.05) is 12.1 Å². The second-order valence-corrected chi connectivity index (χ2v) is 5.17. The van der Waals surface area contributed by atoms with Gasteiger partial charge in [0, 0.05) is 6.42 Å². The van der Waals surface area contributed by atoms with Crippen LogP contribution in [0.1, 0.15) is 34.7 Å². The Kier molecular flexibility index (Phi) is 3.01. The number of nitrogens with zero attached hydrogens (tertiary/aromatic N) is 2. The second kappa shape index (κ2) is 4.66. The predicted octanol–water partition coefficient (Wildman–Crippen LogP) is 2.08. The highest BCUT2D eigenvalue weighted by Crippen LogP contribution is 2.31. The normalized spacial score (nSPS) is 15.2. The van der Waals surface area contributed by atoms with Crippen molar-refractivity contribution in [3.05, 3.63) is 39.9 Å². The molecule has 2 heterocycles. The minimum Gasteiger partial charge on any atom is -0.493 e. The van der Waals surface area contributed by atoms with E-state index < -0.39 is 0 Å². The van der Waals surface area contributed by atoms with E-state index in [2.05, 4.69) is 22.6 Å². The van der Waals surface area contributed by atoms with Crippen LogP contribution in [0.4, 0.5) is 0 Å². The van der Waals surface area contributed by atoms with Crippen LogP contribution in [0.5, 0.6) is 5.75 Å². The Bertz CT molecular complexity index is 567. The average Bonchev–Trinajstić information content (AvgIpc) is 3.05. The highest BCUT2D eigenvalue weighted by molar-refractivity contribution is 7.05. The van der Waals surface area contributed by atoms with Crippen LogP contribution in [0.2, 0.25) is 0 Å². The first-order valence-electron chi connectivity index (χ1n) is 6.12. The Balaban J connectivity index is 1.95. The van der Waals surface area contributed by atoms with Crippen LogP contribution in [0, 0.1) is 0 Å². The number of aryl methyl sites for hydroxylation is 1. The fourth-order valence-electron chi connectivity index (χ4n) is 2.25. The predicted molar refractivity (Wildman–Crippen MR) is 71.0 cm³/mol. The molecule has 1 aromatic heterocycles. The van der Waals surface area contributed by atoms with Crippen LogP contribution in [0.25, 0.3) is 0 Å². The molecule has 1 atom stereocenters. The van der Waals surface area contributed by atoms with Crippen molar-refractivity contribution in [3.8, 4) is 5.75 Å². The molecule has 5 heteroatoms. The molecular formula is C13H15N3OS. The van der Waals surface area contributed by atoms with Crippen molar-refractivity contribution < 1.29 is 4.74 Å². The number of rotatable bonds is 3. The van der Waals surface area contributed by atoms with Crippen LogP contribution >= 0.6 is 11.5 Å². The molecule has 2 N–H and O–H groups in total. The van der Waals surface area contributed by atoms with Crippen LogP contribution in [0.3, 0.4) is 0 Å². The molecule has 3 rings (SSSR count). The summed E-state index contributed by atoms with van der Waals surface area (Å²) in [6.45, 7) is 2.85. The van der Waals surface area contributed by atoms with Crippen LogP contribution in [-0.4, -0.2) is 16.2 Å². The number of nitrogens with two attached hydrogens (primary N) is 1. The average molecular weight is 261 g/mol. The molecule has 18 heavy (non-hydrogen) atoms. The van der Waals surface area contributed by atoms with Gasteiger partial charge < -0.3 is 10.5 Å². The molecule has 0 fully saturated rings. The molecule has 0 radical (unpaired) electrons. The molecule has 0 amide bonds. The molecule has 1 aliphatic rings. The maximum Gasteiger partial charge on any atom is 0.122 e. The second-order valence-electron chi connectivity index (χ2n) is 4.38. The first-order valence-corrected chi connectivity index (χ1v) is 6.89. The minimum absolute atomic E-state index is 0.133. The Hall–Kier alpha value is -1.46. The van der Waals surface area contributed by atoms with Crippen LogP contribution in [0.15, 0.2) is 18.2 Å². The summed E-state index contributed by atoms with van der Waals surface area (Å²) in [5, 5.41) is 4.12. The van der Waals surface area contributed by atoms with E-state index in [0.717, 1.165) is 41.3 Å². The molecule has 0 aliphatic carbocycles. The van der Waals surface area contributed by atoms with Crippen molar-refractivity contribution in [2.75, 3.05) is 6.61 Å². The van der Waals surface area contributed by atoms with Gasteiger partial charge in [-0.15, -0.1) is 5.10 Å². The molecular weight excluding hydrogens is 246 g/mol. The maximum atomic E-state index is 6.32. The van der Waals surface area contributed by atoms with Gasteiger partial charge in [-0.2, -0.15) is 0 Å². The highest BCUT2D eigenvalue weighted by atomic mass is 32.1. The van der Waals surface area contributed by atoms with Gasteiger partial charge in [0.1, 0.15) is 5.75 Å². The van der Waals surface area contributed by atoms with Crippen molar-refractivity contribution in [1.29, 1.82) is 0 Å². The van der Waals surface area contributed by atoms with Crippen molar-refractivity contribution in [2.45, 2.75) is 25.8 Å². The van der Waals surface area contributed by atoms with E-state index in [0.29, 0.717) is 0 Å². The summed E-state index contributed by atoms with van der Waals surface area (Å²) >= 11 is 1.39. The van der Waals surface area contributed by atoms with Crippen molar-refractivity contribution in [3.63, 3.8) is 0 Å². The summed E-state index contributed by atoms with van der Waals surface area (Å²) in [5.41, 5.74) is 9.68. The third kappa shape index (κ3) is 1.89. The van der Waals surface area contributed by atoms with Gasteiger partial charge in [0.2, 0.25) is 0 Å². The molecule has 1 aromatic carbocycles. The lowest BCUT2D eigenvalue weighted by atomic mass is 10.0. The number of ether oxygens (including phenoxy) is 1. The summed E-state index contributed by atoms with van der Waals surface area (Å²) in [6, 6.07) is 6.06. The highest BCUT2D eigenvalue weighted by Gasteiger charge is 2.19. The number of hydrogen-bond acceptors (Lipinski definition) is 5. The lowest BCUT2D eigenvalue weighted by molar-refractivity contribution is 0.357. The van der Waals surface area contributed by atoms with E-state index >= 15 is 0 Å². The van der Waals surface area contributed by atoms with Gasteiger partial charge in [0.05, 0.1) is 23.2 Å². The Labute approximate surface area is 110 Å². The Morgan fingerprint density at radius 1 is 1.50 bits per heavy atom. The Morgan fingerprint density at radius 3 is 3.22 bits per heavy atom. The molecule has 94 valence electrons. The third-order valence-electron chi connectivity index (χ3n) is 3.28. The summed E-state index contributed by atoms with van der Waals surface area (Å²) in [5.74, 6) is 0.990. The largest absolute Gasteiger partial charge is 0.493 e. The van der Waals surface area contributed by atoms with Crippen molar-refractivity contribution in [1.82, 2.24) is 9.59 Å². The van der Waals surface area contributed by atoms with Gasteiger partial charge in [-0.05, 0) is 35.1 Å². The summed E-state index contributed by atoms with van der Waals surface area (Å²) in [6.07, 6.45) is 1.84. The Morgan fingerprint density at radius 2 is 2.39 bits per heavy atom. The molecule has 4 nitrogen and oxygen atoms in total. The van der Waals surface area contributed by atoms with Crippen molar-refractivity contribution >= 4 is 11.5 Å². The zero-order valence-electron chi connectivity index (χ0n) is 10.2. The van der Waals surface area contributed by atoms with Gasteiger partial charge in [0.25, 0.3) is 0 Å². The van der Waals surface area contributed by atoms with Gasteiger partial charge in [-0.25, -0.2) is 0 Å². The van der Waals surface area contributed by atoms with Crippen LogP contribution < -0.4 is 10.5 Å². The van der Waals surface area contributed by atoms with Crippen molar-refractivity contribution in [2.24, 2.45) is 5.73 Å². The van der Waals surface area contributed by atoms with E-state index in [1.165, 1.54) is 17.1 Å². The molecule has 2 aromatic rings. The minimum atomic E-state index is -0.133. The van der Waals surface area contributed by atoms with Gasteiger partial charge >= 0.3 is 0 Å². The molecule has 0 saturated carbocycles. The number of hydrogen-bond donors (Lipinski definition) is 1. The number of benzene rings is 1. The smallest absolute Gasteiger partial charge is 0.122 e. The van der Waals surface area contributed by atoms with E-state index in [-0.39, 0.29) is 6.04 Å². The lowest BCUT2D eigenvalue weighted by Crippen LogP contribution is -2.12. The number of aromatic nitrogens is 2. The van der Waals surface area contributed by atoms with E-state index in [1.54, 1.807) is 0 Å². The molecule has 0 bridgehead atoms. The zero-order chi connectivity index (χ0) is 12.5. The third-order valence-corrected chi connectivity index (χ3v) is 4.12. The quantitative estimate of drug-likeness (QED) is 0.919. The van der Waals surface area contributed by atoms with Gasteiger partial charge in [-0.1, -0.05) is 23.5 Å². The first-order chi connectivity index (χ1) is 8.79. The van der Waals surface area contributed by atoms with Gasteiger partial charge in [-0.3, -0.25) is 0 Å².